The van der Waals surface area contributed by atoms with Gasteiger partial charge in [0, 0.05) is 43.9 Å². The van der Waals surface area contributed by atoms with Crippen molar-refractivity contribution in [1.29, 1.82) is 0 Å². The zero-order chi connectivity index (χ0) is 20.3. The van der Waals surface area contributed by atoms with E-state index in [2.05, 4.69) is 17.9 Å². The summed E-state index contributed by atoms with van der Waals surface area (Å²) in [5, 5.41) is 11.5. The second-order valence-corrected chi connectivity index (χ2v) is 6.99. The fraction of sp³-hybridized carbons (Fsp3) is 0.381. The molecule has 1 heterocycles. The molecular formula is C21H25N3O4. The molecule has 0 bridgehead atoms. The molecule has 1 saturated heterocycles. The van der Waals surface area contributed by atoms with Crippen molar-refractivity contribution in [2.24, 2.45) is 0 Å². The summed E-state index contributed by atoms with van der Waals surface area (Å²) in [7, 11) is 1.66. The van der Waals surface area contributed by atoms with Crippen molar-refractivity contribution >= 4 is 17.2 Å². The molecule has 2 aromatic carbocycles. The molecule has 2 aromatic rings. The van der Waals surface area contributed by atoms with Gasteiger partial charge < -0.3 is 9.64 Å². The molecule has 148 valence electrons. The smallest absolute Gasteiger partial charge is 0.293 e. The highest BCUT2D eigenvalue weighted by Gasteiger charge is 2.27. The lowest BCUT2D eigenvalue weighted by molar-refractivity contribution is -0.384. The van der Waals surface area contributed by atoms with Gasteiger partial charge in [-0.2, -0.15) is 0 Å². The van der Waals surface area contributed by atoms with E-state index in [0.29, 0.717) is 24.3 Å². The molecule has 0 N–H and O–H groups in total. The molecule has 0 radical (unpaired) electrons. The Morgan fingerprint density at radius 3 is 2.46 bits per heavy atom. The number of ketones is 1. The summed E-state index contributed by atoms with van der Waals surface area (Å²) in [5.41, 5.74) is 2.11. The van der Waals surface area contributed by atoms with Crippen LogP contribution in [-0.4, -0.2) is 48.9 Å². The maximum Gasteiger partial charge on any atom is 0.293 e. The highest BCUT2D eigenvalue weighted by atomic mass is 16.6. The van der Waals surface area contributed by atoms with Crippen LogP contribution in [0.5, 0.6) is 5.75 Å². The van der Waals surface area contributed by atoms with Crippen molar-refractivity contribution in [3.63, 3.8) is 0 Å². The molecule has 0 saturated carbocycles. The van der Waals surface area contributed by atoms with Gasteiger partial charge in [0.05, 0.1) is 12.0 Å². The van der Waals surface area contributed by atoms with Crippen LogP contribution >= 0.6 is 0 Å². The first-order valence-corrected chi connectivity index (χ1v) is 9.33. The maximum atomic E-state index is 11.6. The SMILES string of the molecule is COc1cccc(C(C)N2CCN(c3ccc(C(C)=O)cc3[N+](=O)[O-])CC2)c1. The number of methoxy groups -OCH3 is 1. The van der Waals surface area contributed by atoms with Crippen molar-refractivity contribution in [1.82, 2.24) is 4.90 Å². The third kappa shape index (κ3) is 4.14. The quantitative estimate of drug-likeness (QED) is 0.430. The summed E-state index contributed by atoms with van der Waals surface area (Å²) < 4.78 is 5.31. The molecular weight excluding hydrogens is 358 g/mol. The lowest BCUT2D eigenvalue weighted by Crippen LogP contribution is -2.47. The summed E-state index contributed by atoms with van der Waals surface area (Å²) in [6.07, 6.45) is 0. The Hall–Kier alpha value is -2.93. The standard InChI is InChI=1S/C21H25N3O4/c1-15(17-5-4-6-19(13-17)28-3)22-9-11-23(12-10-22)20-8-7-18(16(2)25)14-21(20)24(26)27/h4-8,13-15H,9-12H2,1-3H3. The Labute approximate surface area is 164 Å². The summed E-state index contributed by atoms with van der Waals surface area (Å²) in [6, 6.07) is 13.0. The molecule has 28 heavy (non-hydrogen) atoms. The average molecular weight is 383 g/mol. The number of nitrogens with zero attached hydrogens (tertiary/aromatic N) is 3. The maximum absolute atomic E-state index is 11.6. The minimum absolute atomic E-state index is 0.0120. The van der Waals surface area contributed by atoms with E-state index in [4.69, 9.17) is 4.74 Å². The van der Waals surface area contributed by atoms with Gasteiger partial charge in [-0.1, -0.05) is 12.1 Å². The number of hydrogen-bond acceptors (Lipinski definition) is 6. The van der Waals surface area contributed by atoms with E-state index in [1.54, 1.807) is 19.2 Å². The van der Waals surface area contributed by atoms with E-state index in [0.717, 1.165) is 18.8 Å². The van der Waals surface area contributed by atoms with Gasteiger partial charge in [0.15, 0.2) is 5.78 Å². The topological polar surface area (TPSA) is 75.9 Å². The molecule has 7 heteroatoms. The molecule has 0 aliphatic carbocycles. The molecule has 1 unspecified atom stereocenters. The highest BCUT2D eigenvalue weighted by Crippen LogP contribution is 2.32. The first-order valence-electron chi connectivity index (χ1n) is 9.33. The van der Waals surface area contributed by atoms with Gasteiger partial charge in [-0.05, 0) is 43.7 Å². The second kappa shape index (κ2) is 8.39. The third-order valence-electron chi connectivity index (χ3n) is 5.36. The number of carbonyl (C=O) groups excluding carboxylic acids is 1. The minimum atomic E-state index is -0.410. The van der Waals surface area contributed by atoms with Crippen LogP contribution in [0.1, 0.15) is 35.8 Å². The Morgan fingerprint density at radius 1 is 1.14 bits per heavy atom. The zero-order valence-corrected chi connectivity index (χ0v) is 16.4. The molecule has 7 nitrogen and oxygen atoms in total. The third-order valence-corrected chi connectivity index (χ3v) is 5.36. The van der Waals surface area contributed by atoms with Crippen LogP contribution in [0.3, 0.4) is 0 Å². The fourth-order valence-electron chi connectivity index (χ4n) is 3.62. The number of nitro benzene ring substituents is 1. The fourth-order valence-corrected chi connectivity index (χ4v) is 3.62. The number of rotatable bonds is 6. The van der Waals surface area contributed by atoms with Gasteiger partial charge >= 0.3 is 0 Å². The van der Waals surface area contributed by atoms with E-state index in [9.17, 15) is 14.9 Å². The van der Waals surface area contributed by atoms with Crippen molar-refractivity contribution in [2.45, 2.75) is 19.9 Å². The molecule has 1 atom stereocenters. The Bertz CT molecular complexity index is 876. The molecule has 0 spiro atoms. The number of carbonyl (C=O) groups is 1. The number of ether oxygens (including phenoxy) is 1. The predicted octanol–water partition coefficient (Wildman–Crippen LogP) is 3.69. The van der Waals surface area contributed by atoms with E-state index in [-0.39, 0.29) is 17.5 Å². The Balaban J connectivity index is 1.73. The molecule has 3 rings (SSSR count). The number of piperazine rings is 1. The summed E-state index contributed by atoms with van der Waals surface area (Å²) in [5.74, 6) is 0.663. The molecule has 0 amide bonds. The van der Waals surface area contributed by atoms with Crippen LogP contribution in [-0.2, 0) is 0 Å². The molecule has 1 aliphatic rings. The van der Waals surface area contributed by atoms with Gasteiger partial charge in [-0.15, -0.1) is 0 Å². The number of Topliss-reactive ketones (excluding diaryl/α,β-unsaturated/α-hetero) is 1. The highest BCUT2D eigenvalue weighted by molar-refractivity contribution is 5.95. The Morgan fingerprint density at radius 2 is 1.86 bits per heavy atom. The average Bonchev–Trinajstić information content (AvgIpc) is 2.72. The van der Waals surface area contributed by atoms with E-state index < -0.39 is 4.92 Å². The van der Waals surface area contributed by atoms with Gasteiger partial charge in [-0.25, -0.2) is 0 Å². The van der Waals surface area contributed by atoms with Crippen molar-refractivity contribution in [3.8, 4) is 5.75 Å². The van der Waals surface area contributed by atoms with Crippen LogP contribution in [0, 0.1) is 10.1 Å². The number of hydrogen-bond donors (Lipinski definition) is 0. The second-order valence-electron chi connectivity index (χ2n) is 6.99. The summed E-state index contributed by atoms with van der Waals surface area (Å²) in [4.78, 5) is 27.0. The van der Waals surface area contributed by atoms with E-state index in [1.807, 2.05) is 23.1 Å². The van der Waals surface area contributed by atoms with Crippen LogP contribution in [0.15, 0.2) is 42.5 Å². The van der Waals surface area contributed by atoms with Crippen LogP contribution < -0.4 is 9.64 Å². The largest absolute Gasteiger partial charge is 0.497 e. The van der Waals surface area contributed by atoms with Crippen LogP contribution in [0.2, 0.25) is 0 Å². The van der Waals surface area contributed by atoms with Gasteiger partial charge in [0.25, 0.3) is 5.69 Å². The number of benzene rings is 2. The van der Waals surface area contributed by atoms with Crippen molar-refractivity contribution < 1.29 is 14.5 Å². The summed E-state index contributed by atoms with van der Waals surface area (Å²) >= 11 is 0. The summed E-state index contributed by atoms with van der Waals surface area (Å²) in [6.45, 7) is 6.54. The first-order chi connectivity index (χ1) is 13.4. The van der Waals surface area contributed by atoms with Gasteiger partial charge in [0.1, 0.15) is 11.4 Å². The van der Waals surface area contributed by atoms with Crippen LogP contribution in [0.4, 0.5) is 11.4 Å². The Kier molecular flexibility index (Phi) is 5.94. The zero-order valence-electron chi connectivity index (χ0n) is 16.4. The normalized spacial score (nSPS) is 15.9. The molecule has 1 aliphatic heterocycles. The number of anilines is 1. The molecule has 1 fully saturated rings. The van der Waals surface area contributed by atoms with E-state index >= 15 is 0 Å². The van der Waals surface area contributed by atoms with Gasteiger partial charge in [-0.3, -0.25) is 19.8 Å². The minimum Gasteiger partial charge on any atom is -0.497 e. The first kappa shape index (κ1) is 19.8. The van der Waals surface area contributed by atoms with Gasteiger partial charge in [0.2, 0.25) is 0 Å². The predicted molar refractivity (Wildman–Crippen MR) is 108 cm³/mol. The van der Waals surface area contributed by atoms with Crippen molar-refractivity contribution in [2.75, 3.05) is 38.2 Å². The lowest BCUT2D eigenvalue weighted by Gasteiger charge is -2.39. The number of nitro groups is 1. The van der Waals surface area contributed by atoms with E-state index in [1.165, 1.54) is 18.6 Å². The van der Waals surface area contributed by atoms with Crippen LogP contribution in [0.25, 0.3) is 0 Å². The molecule has 0 aromatic heterocycles. The monoisotopic (exact) mass is 383 g/mol. The van der Waals surface area contributed by atoms with Crippen molar-refractivity contribution in [3.05, 3.63) is 63.7 Å². The lowest BCUT2D eigenvalue weighted by atomic mass is 10.0.